The van der Waals surface area contributed by atoms with Crippen molar-refractivity contribution in [3.63, 3.8) is 0 Å². The minimum absolute atomic E-state index is 0.0920. The fourth-order valence-corrected chi connectivity index (χ4v) is 2.26. The zero-order valence-corrected chi connectivity index (χ0v) is 13.9. The summed E-state index contributed by atoms with van der Waals surface area (Å²) in [5.41, 5.74) is 1.14. The molecule has 1 amide bonds. The van der Waals surface area contributed by atoms with Crippen LogP contribution in [0.3, 0.4) is 0 Å². The maximum absolute atomic E-state index is 13.1. The normalized spacial score (nSPS) is 10.7. The summed E-state index contributed by atoms with van der Waals surface area (Å²) in [5, 5.41) is 2.66. The van der Waals surface area contributed by atoms with Crippen molar-refractivity contribution in [2.24, 2.45) is 0 Å². The van der Waals surface area contributed by atoms with Crippen molar-refractivity contribution in [3.05, 3.63) is 59.2 Å². The lowest BCUT2D eigenvalue weighted by Crippen LogP contribution is -2.23. The second kappa shape index (κ2) is 9.07. The van der Waals surface area contributed by atoms with E-state index in [1.807, 2.05) is 0 Å². The molecule has 0 radical (unpaired) electrons. The highest BCUT2D eigenvalue weighted by Gasteiger charge is 2.11. The SMILES string of the molecule is COc1cc(CNC(=O)CCc2ccc(F)c(F)c2)ccc1OC(F)F. The third-order valence-electron chi connectivity index (χ3n) is 3.56. The number of aryl methyl sites for hydroxylation is 1. The molecule has 2 rings (SSSR count). The summed E-state index contributed by atoms with van der Waals surface area (Å²) in [4.78, 5) is 11.9. The summed E-state index contributed by atoms with van der Waals surface area (Å²) in [7, 11) is 1.32. The molecule has 0 atom stereocenters. The Morgan fingerprint density at radius 3 is 2.42 bits per heavy atom. The number of alkyl halides is 2. The van der Waals surface area contributed by atoms with E-state index in [4.69, 9.17) is 4.74 Å². The van der Waals surface area contributed by atoms with E-state index in [9.17, 15) is 22.4 Å². The lowest BCUT2D eigenvalue weighted by atomic mass is 10.1. The molecule has 2 aromatic carbocycles. The van der Waals surface area contributed by atoms with Gasteiger partial charge in [0.15, 0.2) is 23.1 Å². The first kappa shape index (κ1) is 19.6. The maximum atomic E-state index is 13.1. The number of amides is 1. The van der Waals surface area contributed by atoms with Crippen LogP contribution >= 0.6 is 0 Å². The number of rotatable bonds is 8. The van der Waals surface area contributed by atoms with Gasteiger partial charge < -0.3 is 14.8 Å². The zero-order valence-electron chi connectivity index (χ0n) is 13.9. The highest BCUT2D eigenvalue weighted by Crippen LogP contribution is 2.29. The van der Waals surface area contributed by atoms with Gasteiger partial charge in [-0.15, -0.1) is 0 Å². The van der Waals surface area contributed by atoms with Gasteiger partial charge in [0.05, 0.1) is 7.11 Å². The molecule has 0 aliphatic carbocycles. The van der Waals surface area contributed by atoms with E-state index in [2.05, 4.69) is 10.1 Å². The minimum Gasteiger partial charge on any atom is -0.493 e. The molecule has 4 nitrogen and oxygen atoms in total. The number of halogens is 4. The molecule has 0 saturated heterocycles. The third-order valence-corrected chi connectivity index (χ3v) is 3.56. The monoisotopic (exact) mass is 371 g/mol. The van der Waals surface area contributed by atoms with Gasteiger partial charge >= 0.3 is 6.61 Å². The Labute approximate surface area is 147 Å². The molecule has 0 fully saturated rings. The highest BCUT2D eigenvalue weighted by molar-refractivity contribution is 5.76. The Bertz CT molecular complexity index is 768. The molecule has 2 aromatic rings. The van der Waals surface area contributed by atoms with Crippen LogP contribution in [0, 0.1) is 11.6 Å². The molecule has 0 aliphatic heterocycles. The zero-order chi connectivity index (χ0) is 19.1. The van der Waals surface area contributed by atoms with Crippen LogP contribution in [0.5, 0.6) is 11.5 Å². The molecule has 1 N–H and O–H groups in total. The molecule has 26 heavy (non-hydrogen) atoms. The van der Waals surface area contributed by atoms with Gasteiger partial charge in [-0.3, -0.25) is 4.79 Å². The Balaban J connectivity index is 1.87. The van der Waals surface area contributed by atoms with E-state index >= 15 is 0 Å². The van der Waals surface area contributed by atoms with Gasteiger partial charge in [0.25, 0.3) is 0 Å². The number of nitrogens with one attached hydrogen (secondary N) is 1. The second-order valence-corrected chi connectivity index (χ2v) is 5.39. The predicted molar refractivity (Wildman–Crippen MR) is 86.2 cm³/mol. The molecule has 0 bridgehead atoms. The molecular formula is C18H17F4NO3. The topological polar surface area (TPSA) is 47.6 Å². The van der Waals surface area contributed by atoms with Crippen LogP contribution in [0.1, 0.15) is 17.5 Å². The van der Waals surface area contributed by atoms with Gasteiger partial charge in [0.2, 0.25) is 5.91 Å². The van der Waals surface area contributed by atoms with Crippen LogP contribution in [-0.4, -0.2) is 19.6 Å². The smallest absolute Gasteiger partial charge is 0.387 e. The molecule has 0 saturated carbocycles. The van der Waals surface area contributed by atoms with Crippen LogP contribution in [0.4, 0.5) is 17.6 Å². The van der Waals surface area contributed by atoms with Crippen LogP contribution in [0.2, 0.25) is 0 Å². The van der Waals surface area contributed by atoms with Gasteiger partial charge in [0, 0.05) is 13.0 Å². The van der Waals surface area contributed by atoms with E-state index in [1.165, 1.54) is 31.4 Å². The van der Waals surface area contributed by atoms with Crippen molar-refractivity contribution in [1.29, 1.82) is 0 Å². The number of hydrogen-bond donors (Lipinski definition) is 1. The van der Waals surface area contributed by atoms with Gasteiger partial charge in [-0.1, -0.05) is 12.1 Å². The lowest BCUT2D eigenvalue weighted by molar-refractivity contribution is -0.121. The number of ether oxygens (including phenoxy) is 2. The van der Waals surface area contributed by atoms with E-state index < -0.39 is 18.2 Å². The van der Waals surface area contributed by atoms with Crippen LogP contribution in [0.25, 0.3) is 0 Å². The summed E-state index contributed by atoms with van der Waals surface area (Å²) >= 11 is 0. The van der Waals surface area contributed by atoms with Gasteiger partial charge in [-0.2, -0.15) is 8.78 Å². The lowest BCUT2D eigenvalue weighted by Gasteiger charge is -2.12. The third kappa shape index (κ3) is 5.65. The Morgan fingerprint density at radius 1 is 1.04 bits per heavy atom. The van der Waals surface area contributed by atoms with Gasteiger partial charge in [-0.25, -0.2) is 8.78 Å². The van der Waals surface area contributed by atoms with Crippen molar-refractivity contribution in [2.75, 3.05) is 7.11 Å². The van der Waals surface area contributed by atoms with Crippen LogP contribution in [0.15, 0.2) is 36.4 Å². The van der Waals surface area contributed by atoms with E-state index in [1.54, 1.807) is 0 Å². The number of hydrogen-bond acceptors (Lipinski definition) is 3. The summed E-state index contributed by atoms with van der Waals surface area (Å²) in [5.74, 6) is -2.16. The molecule has 0 spiro atoms. The quantitative estimate of drug-likeness (QED) is 0.718. The van der Waals surface area contributed by atoms with Crippen molar-refractivity contribution in [3.8, 4) is 11.5 Å². The van der Waals surface area contributed by atoms with Crippen molar-refractivity contribution in [2.45, 2.75) is 26.0 Å². The molecule has 0 unspecified atom stereocenters. The first-order chi connectivity index (χ1) is 12.4. The molecule has 8 heteroatoms. The minimum atomic E-state index is -2.97. The number of benzene rings is 2. The van der Waals surface area contributed by atoms with Crippen LogP contribution < -0.4 is 14.8 Å². The predicted octanol–water partition coefficient (Wildman–Crippen LogP) is 3.82. The number of carbonyl (C=O) groups is 1. The van der Waals surface area contributed by atoms with Crippen molar-refractivity contribution in [1.82, 2.24) is 5.32 Å². The fraction of sp³-hybridized carbons (Fsp3) is 0.278. The summed E-state index contributed by atoms with van der Waals surface area (Å²) in [6.07, 6.45) is 0.350. The first-order valence-electron chi connectivity index (χ1n) is 7.71. The summed E-state index contributed by atoms with van der Waals surface area (Å²) in [6.45, 7) is -2.81. The first-order valence-corrected chi connectivity index (χ1v) is 7.71. The average Bonchev–Trinajstić information content (AvgIpc) is 2.61. The number of methoxy groups -OCH3 is 1. The Hall–Kier alpha value is -2.77. The van der Waals surface area contributed by atoms with Crippen molar-refractivity contribution >= 4 is 5.91 Å². The largest absolute Gasteiger partial charge is 0.493 e. The Morgan fingerprint density at radius 2 is 1.77 bits per heavy atom. The van der Waals surface area contributed by atoms with E-state index in [0.717, 1.165) is 12.1 Å². The molecule has 0 aliphatic rings. The van der Waals surface area contributed by atoms with Crippen LogP contribution in [-0.2, 0) is 17.8 Å². The second-order valence-electron chi connectivity index (χ2n) is 5.39. The summed E-state index contributed by atoms with van der Waals surface area (Å²) in [6, 6.07) is 7.81. The van der Waals surface area contributed by atoms with E-state index in [0.29, 0.717) is 11.1 Å². The standard InChI is InChI=1S/C18H17F4NO3/c1-25-16-9-12(3-6-15(16)26-18(21)22)10-23-17(24)7-4-11-2-5-13(19)14(20)8-11/h2-3,5-6,8-9,18H,4,7,10H2,1H3,(H,23,24). The molecule has 0 aromatic heterocycles. The average molecular weight is 371 g/mol. The molecule has 0 heterocycles. The van der Waals surface area contributed by atoms with E-state index in [-0.39, 0.29) is 36.8 Å². The highest BCUT2D eigenvalue weighted by atomic mass is 19.3. The fourth-order valence-electron chi connectivity index (χ4n) is 2.26. The number of carbonyl (C=O) groups excluding carboxylic acids is 1. The van der Waals surface area contributed by atoms with Gasteiger partial charge in [0.1, 0.15) is 0 Å². The van der Waals surface area contributed by atoms with Gasteiger partial charge in [-0.05, 0) is 41.8 Å². The maximum Gasteiger partial charge on any atom is 0.387 e. The summed E-state index contributed by atoms with van der Waals surface area (Å²) < 4.78 is 59.8. The Kier molecular flexibility index (Phi) is 6.82. The molecule has 140 valence electrons. The van der Waals surface area contributed by atoms with Crippen molar-refractivity contribution < 1.29 is 31.8 Å². The molecular weight excluding hydrogens is 354 g/mol.